The van der Waals surface area contributed by atoms with E-state index in [1.807, 2.05) is 11.0 Å². The lowest BCUT2D eigenvalue weighted by Crippen LogP contribution is -2.47. The summed E-state index contributed by atoms with van der Waals surface area (Å²) in [6.07, 6.45) is 1.48. The van der Waals surface area contributed by atoms with Crippen LogP contribution in [-0.4, -0.2) is 48.4 Å². The van der Waals surface area contributed by atoms with Crippen LogP contribution in [0.1, 0.15) is 26.2 Å². The lowest BCUT2D eigenvalue weighted by Gasteiger charge is -2.33. The summed E-state index contributed by atoms with van der Waals surface area (Å²) < 4.78 is 6.64. The third-order valence-corrected chi connectivity index (χ3v) is 5.99. The van der Waals surface area contributed by atoms with Gasteiger partial charge in [0.1, 0.15) is 0 Å². The number of imide groups is 1. The first-order valence-electron chi connectivity index (χ1n) is 8.65. The molecule has 0 unspecified atom stereocenters. The summed E-state index contributed by atoms with van der Waals surface area (Å²) in [5.41, 5.74) is 0.562. The van der Waals surface area contributed by atoms with Gasteiger partial charge in [-0.15, -0.1) is 0 Å². The van der Waals surface area contributed by atoms with Crippen LogP contribution < -0.4 is 4.90 Å². The lowest BCUT2D eigenvalue weighted by atomic mass is 9.95. The number of carbonyl (C=O) groups excluding carboxylic acids is 3. The number of nitrogens with zero attached hydrogens (tertiary/aromatic N) is 2. The molecule has 0 radical (unpaired) electrons. The highest BCUT2D eigenvalue weighted by atomic mass is 79.9. The zero-order valence-electron chi connectivity index (χ0n) is 14.4. The Balaban J connectivity index is 1.69. The van der Waals surface area contributed by atoms with Crippen molar-refractivity contribution in [2.75, 3.05) is 24.6 Å². The van der Waals surface area contributed by atoms with Crippen molar-refractivity contribution in [1.82, 2.24) is 4.90 Å². The van der Waals surface area contributed by atoms with Crippen LogP contribution in [0.25, 0.3) is 0 Å². The molecule has 8 heteroatoms. The first-order valence-corrected chi connectivity index (χ1v) is 10.2. The molecular formula is C18H20Br2N2O4. The summed E-state index contributed by atoms with van der Waals surface area (Å²) in [7, 11) is 0. The fourth-order valence-electron chi connectivity index (χ4n) is 3.52. The molecule has 0 saturated carbocycles. The van der Waals surface area contributed by atoms with E-state index in [4.69, 9.17) is 4.74 Å². The SMILES string of the molecule is CCOC(=O)C1CCN([C@@H]2CC(=O)N(c3ccc(Br)cc3Br)C2=O)CC1. The predicted molar refractivity (Wildman–Crippen MR) is 104 cm³/mol. The molecule has 140 valence electrons. The van der Waals surface area contributed by atoms with Gasteiger partial charge in [0.15, 0.2) is 0 Å². The molecule has 3 rings (SSSR count). The number of hydrogen-bond donors (Lipinski definition) is 0. The van der Waals surface area contributed by atoms with Gasteiger partial charge in [-0.1, -0.05) is 15.9 Å². The van der Waals surface area contributed by atoms with Gasteiger partial charge in [0.05, 0.1) is 30.7 Å². The number of likely N-dealkylation sites (tertiary alicyclic amines) is 1. The fraction of sp³-hybridized carbons (Fsp3) is 0.500. The molecule has 2 aliphatic rings. The quantitative estimate of drug-likeness (QED) is 0.482. The Bertz CT molecular complexity index is 732. The van der Waals surface area contributed by atoms with Crippen molar-refractivity contribution in [2.24, 2.45) is 5.92 Å². The number of esters is 1. The summed E-state index contributed by atoms with van der Waals surface area (Å²) in [6, 6.07) is 4.91. The number of hydrogen-bond acceptors (Lipinski definition) is 5. The van der Waals surface area contributed by atoms with Crippen molar-refractivity contribution in [3.63, 3.8) is 0 Å². The van der Waals surface area contributed by atoms with Gasteiger partial charge in [-0.2, -0.15) is 0 Å². The molecule has 0 N–H and O–H groups in total. The largest absolute Gasteiger partial charge is 0.466 e. The van der Waals surface area contributed by atoms with E-state index in [9.17, 15) is 14.4 Å². The average Bonchev–Trinajstić information content (AvgIpc) is 2.90. The topological polar surface area (TPSA) is 66.9 Å². The van der Waals surface area contributed by atoms with Gasteiger partial charge in [0.25, 0.3) is 5.91 Å². The highest BCUT2D eigenvalue weighted by Gasteiger charge is 2.44. The highest BCUT2D eigenvalue weighted by Crippen LogP contribution is 2.34. The Morgan fingerprint density at radius 2 is 1.92 bits per heavy atom. The average molecular weight is 488 g/mol. The number of amides is 2. The minimum atomic E-state index is -0.457. The Morgan fingerprint density at radius 3 is 2.54 bits per heavy atom. The van der Waals surface area contributed by atoms with E-state index in [2.05, 4.69) is 31.9 Å². The Labute approximate surface area is 169 Å². The number of halogens is 2. The van der Waals surface area contributed by atoms with E-state index < -0.39 is 6.04 Å². The third kappa shape index (κ3) is 3.87. The van der Waals surface area contributed by atoms with Crippen molar-refractivity contribution in [2.45, 2.75) is 32.2 Å². The van der Waals surface area contributed by atoms with Gasteiger partial charge in [-0.3, -0.25) is 19.3 Å². The monoisotopic (exact) mass is 486 g/mol. The minimum absolute atomic E-state index is 0.116. The Hall–Kier alpha value is -1.25. The zero-order chi connectivity index (χ0) is 18.8. The van der Waals surface area contributed by atoms with Crippen LogP contribution in [0.15, 0.2) is 27.1 Å². The first-order chi connectivity index (χ1) is 12.4. The maximum Gasteiger partial charge on any atom is 0.309 e. The van der Waals surface area contributed by atoms with Crippen molar-refractivity contribution in [3.05, 3.63) is 27.1 Å². The van der Waals surface area contributed by atoms with Crippen molar-refractivity contribution in [1.29, 1.82) is 0 Å². The molecule has 2 saturated heterocycles. The van der Waals surface area contributed by atoms with E-state index in [0.29, 0.717) is 42.7 Å². The molecule has 0 aromatic heterocycles. The Morgan fingerprint density at radius 1 is 1.23 bits per heavy atom. The van der Waals surface area contributed by atoms with E-state index in [-0.39, 0.29) is 30.1 Å². The van der Waals surface area contributed by atoms with Crippen LogP contribution in [0.3, 0.4) is 0 Å². The van der Waals surface area contributed by atoms with E-state index in [1.54, 1.807) is 19.1 Å². The van der Waals surface area contributed by atoms with Crippen LogP contribution in [0.2, 0.25) is 0 Å². The van der Waals surface area contributed by atoms with Crippen molar-refractivity contribution in [3.8, 4) is 0 Å². The maximum absolute atomic E-state index is 12.9. The van der Waals surface area contributed by atoms with Crippen LogP contribution in [0, 0.1) is 5.92 Å². The van der Waals surface area contributed by atoms with Gasteiger partial charge >= 0.3 is 5.97 Å². The molecule has 6 nitrogen and oxygen atoms in total. The molecule has 1 atom stereocenters. The smallest absolute Gasteiger partial charge is 0.309 e. The first kappa shape index (κ1) is 19.5. The van der Waals surface area contributed by atoms with Gasteiger partial charge in [-0.05, 0) is 67.0 Å². The minimum Gasteiger partial charge on any atom is -0.466 e. The van der Waals surface area contributed by atoms with Gasteiger partial charge in [0.2, 0.25) is 5.91 Å². The maximum atomic E-state index is 12.9. The zero-order valence-corrected chi connectivity index (χ0v) is 17.6. The van der Waals surface area contributed by atoms with E-state index in [1.165, 1.54) is 4.90 Å². The molecule has 2 aliphatic heterocycles. The summed E-state index contributed by atoms with van der Waals surface area (Å²) in [5, 5.41) is 0. The number of benzene rings is 1. The lowest BCUT2D eigenvalue weighted by molar-refractivity contribution is -0.149. The molecule has 26 heavy (non-hydrogen) atoms. The molecule has 1 aromatic rings. The number of anilines is 1. The summed E-state index contributed by atoms with van der Waals surface area (Å²) in [6.45, 7) is 3.40. The molecule has 0 bridgehead atoms. The number of ether oxygens (including phenoxy) is 1. The van der Waals surface area contributed by atoms with Crippen molar-refractivity contribution < 1.29 is 19.1 Å². The van der Waals surface area contributed by atoms with Crippen LogP contribution in [0.4, 0.5) is 5.69 Å². The normalized spacial score (nSPS) is 22.1. The molecule has 2 fully saturated rings. The van der Waals surface area contributed by atoms with Gasteiger partial charge < -0.3 is 4.74 Å². The molecule has 2 heterocycles. The van der Waals surface area contributed by atoms with Gasteiger partial charge in [-0.25, -0.2) is 4.90 Å². The predicted octanol–water partition coefficient (Wildman–Crippen LogP) is 3.12. The van der Waals surface area contributed by atoms with Crippen LogP contribution >= 0.6 is 31.9 Å². The molecule has 0 spiro atoms. The second-order valence-electron chi connectivity index (χ2n) is 6.45. The second kappa shape index (κ2) is 8.19. The van der Waals surface area contributed by atoms with E-state index in [0.717, 1.165) is 4.47 Å². The molecular weight excluding hydrogens is 468 g/mol. The fourth-order valence-corrected chi connectivity index (χ4v) is 4.75. The second-order valence-corrected chi connectivity index (χ2v) is 8.22. The summed E-state index contributed by atoms with van der Waals surface area (Å²) >= 11 is 6.80. The number of rotatable bonds is 4. The van der Waals surface area contributed by atoms with E-state index >= 15 is 0 Å². The highest BCUT2D eigenvalue weighted by molar-refractivity contribution is 9.11. The summed E-state index contributed by atoms with van der Waals surface area (Å²) in [4.78, 5) is 40.6. The molecule has 0 aliphatic carbocycles. The van der Waals surface area contributed by atoms with Crippen molar-refractivity contribution >= 4 is 55.3 Å². The standard InChI is InChI=1S/C18H20Br2N2O4/c1-2-26-18(25)11-5-7-21(8-6-11)15-10-16(23)22(17(15)24)14-4-3-12(19)9-13(14)20/h3-4,9,11,15H,2,5-8,10H2,1H3/t15-/m1/s1. The third-order valence-electron chi connectivity index (χ3n) is 4.86. The van der Waals surface area contributed by atoms with Gasteiger partial charge in [0, 0.05) is 8.95 Å². The van der Waals surface area contributed by atoms with Crippen LogP contribution in [0.5, 0.6) is 0 Å². The number of piperidine rings is 1. The molecule has 2 amide bonds. The Kier molecular flexibility index (Phi) is 6.14. The number of carbonyl (C=O) groups is 3. The summed E-state index contributed by atoms with van der Waals surface area (Å²) in [5.74, 6) is -0.681. The van der Waals surface area contributed by atoms with Crippen LogP contribution in [-0.2, 0) is 19.1 Å². The molecule has 1 aromatic carbocycles.